The molecule has 2 rings (SSSR count). The summed E-state index contributed by atoms with van der Waals surface area (Å²) in [5.74, 6) is -0.467. The summed E-state index contributed by atoms with van der Waals surface area (Å²) in [4.78, 5) is 15.7. The molecule has 0 fully saturated rings. The summed E-state index contributed by atoms with van der Waals surface area (Å²) >= 11 is 0. The lowest BCUT2D eigenvalue weighted by Gasteiger charge is -2.13. The molecule has 138 valence electrons. The van der Waals surface area contributed by atoms with Crippen LogP contribution in [0.15, 0.2) is 48.7 Å². The van der Waals surface area contributed by atoms with Crippen molar-refractivity contribution in [1.29, 1.82) is 0 Å². The average molecular weight is 355 g/mol. The first-order valence-electron chi connectivity index (χ1n) is 8.72. The smallest absolute Gasteiger partial charge is 0.308 e. The van der Waals surface area contributed by atoms with Gasteiger partial charge in [0, 0.05) is 23.9 Å². The number of aromatic nitrogens is 1. The van der Waals surface area contributed by atoms with E-state index in [0.29, 0.717) is 0 Å². The highest BCUT2D eigenvalue weighted by Crippen LogP contribution is 2.26. The molecule has 5 heteroatoms. The molecule has 26 heavy (non-hydrogen) atoms. The van der Waals surface area contributed by atoms with Crippen molar-refractivity contribution in [2.75, 3.05) is 6.61 Å². The molecule has 0 saturated heterocycles. The fourth-order valence-electron chi connectivity index (χ4n) is 2.72. The molecule has 1 aromatic heterocycles. The van der Waals surface area contributed by atoms with Crippen LogP contribution in [0.5, 0.6) is 0 Å². The summed E-state index contributed by atoms with van der Waals surface area (Å²) in [6, 6.07) is 11.9. The lowest BCUT2D eigenvalue weighted by molar-refractivity contribution is -0.145. The zero-order chi connectivity index (χ0) is 18.9. The lowest BCUT2D eigenvalue weighted by atomic mass is 9.98. The van der Waals surface area contributed by atoms with E-state index < -0.39 is 18.2 Å². The predicted molar refractivity (Wildman–Crippen MR) is 101 cm³/mol. The number of nitrogens with zero attached hydrogens (tertiary/aromatic N) is 1. The van der Waals surface area contributed by atoms with Crippen molar-refractivity contribution in [3.05, 3.63) is 59.9 Å². The van der Waals surface area contributed by atoms with Gasteiger partial charge >= 0.3 is 5.97 Å². The van der Waals surface area contributed by atoms with E-state index in [4.69, 9.17) is 4.74 Å². The molecule has 0 aliphatic carbocycles. The second-order valence-corrected chi connectivity index (χ2v) is 6.05. The van der Waals surface area contributed by atoms with Crippen molar-refractivity contribution in [1.82, 2.24) is 4.98 Å². The van der Waals surface area contributed by atoms with E-state index in [1.165, 1.54) is 0 Å². The van der Waals surface area contributed by atoms with Crippen LogP contribution in [-0.2, 0) is 9.53 Å². The van der Waals surface area contributed by atoms with Gasteiger partial charge in [0.2, 0.25) is 0 Å². The predicted octanol–water partition coefficient (Wildman–Crippen LogP) is 3.14. The Morgan fingerprint density at radius 2 is 1.96 bits per heavy atom. The third-order valence-corrected chi connectivity index (χ3v) is 3.98. The topological polar surface area (TPSA) is 79.7 Å². The standard InChI is InChI=1S/C21H25NO4/c1-3-26-21(25)14-18(24)13-17(23)9-10-19-15(2)22-12-11-20(19)16-7-5-4-6-8-16/h4-12,17-18,23-24H,3,13-14H2,1-2H3/b10-9+/t17-,18-/m0/s1. The van der Waals surface area contributed by atoms with Crippen molar-refractivity contribution >= 4 is 12.0 Å². The summed E-state index contributed by atoms with van der Waals surface area (Å²) < 4.78 is 4.80. The van der Waals surface area contributed by atoms with Crippen LogP contribution in [0.2, 0.25) is 0 Å². The zero-order valence-corrected chi connectivity index (χ0v) is 15.1. The van der Waals surface area contributed by atoms with Crippen LogP contribution in [0.3, 0.4) is 0 Å². The number of aliphatic hydroxyl groups excluding tert-OH is 2. The quantitative estimate of drug-likeness (QED) is 0.711. The minimum Gasteiger partial charge on any atom is -0.466 e. The molecule has 5 nitrogen and oxygen atoms in total. The molecule has 0 unspecified atom stereocenters. The van der Waals surface area contributed by atoms with E-state index in [0.717, 1.165) is 22.4 Å². The van der Waals surface area contributed by atoms with E-state index in [9.17, 15) is 15.0 Å². The van der Waals surface area contributed by atoms with Crippen molar-refractivity contribution in [3.63, 3.8) is 0 Å². The zero-order valence-electron chi connectivity index (χ0n) is 15.1. The molecule has 1 heterocycles. The highest BCUT2D eigenvalue weighted by molar-refractivity contribution is 5.76. The first kappa shape index (κ1) is 19.8. The summed E-state index contributed by atoms with van der Waals surface area (Å²) in [6.45, 7) is 3.90. The van der Waals surface area contributed by atoms with Crippen molar-refractivity contribution in [3.8, 4) is 11.1 Å². The number of carbonyl (C=O) groups excluding carboxylic acids is 1. The van der Waals surface area contributed by atoms with Gasteiger partial charge in [-0.05, 0) is 31.0 Å². The molecule has 2 N–H and O–H groups in total. The maximum atomic E-state index is 11.4. The Morgan fingerprint density at radius 1 is 1.23 bits per heavy atom. The van der Waals surface area contributed by atoms with Gasteiger partial charge in [0.1, 0.15) is 0 Å². The van der Waals surface area contributed by atoms with Crippen LogP contribution in [-0.4, -0.2) is 40.0 Å². The van der Waals surface area contributed by atoms with Gasteiger partial charge in [-0.3, -0.25) is 9.78 Å². The Labute approximate surface area is 154 Å². The molecular formula is C21H25NO4. The number of pyridine rings is 1. The van der Waals surface area contributed by atoms with E-state index in [2.05, 4.69) is 4.98 Å². The fourth-order valence-corrected chi connectivity index (χ4v) is 2.72. The van der Waals surface area contributed by atoms with Crippen molar-refractivity contribution in [2.24, 2.45) is 0 Å². The van der Waals surface area contributed by atoms with Gasteiger partial charge in [-0.15, -0.1) is 0 Å². The first-order valence-corrected chi connectivity index (χ1v) is 8.72. The Morgan fingerprint density at radius 3 is 2.65 bits per heavy atom. The molecule has 2 aromatic rings. The van der Waals surface area contributed by atoms with E-state index in [-0.39, 0.29) is 19.4 Å². The number of ether oxygens (including phenoxy) is 1. The molecule has 0 amide bonds. The van der Waals surface area contributed by atoms with Gasteiger partial charge in [0.15, 0.2) is 0 Å². The monoisotopic (exact) mass is 355 g/mol. The summed E-state index contributed by atoms with van der Waals surface area (Å²) in [7, 11) is 0. The van der Waals surface area contributed by atoms with Gasteiger partial charge in [0.25, 0.3) is 0 Å². The van der Waals surface area contributed by atoms with Crippen LogP contribution in [0.1, 0.15) is 31.0 Å². The van der Waals surface area contributed by atoms with Crippen LogP contribution in [0.25, 0.3) is 17.2 Å². The minimum atomic E-state index is -0.947. The average Bonchev–Trinajstić information content (AvgIpc) is 2.61. The molecule has 0 saturated carbocycles. The van der Waals surface area contributed by atoms with Gasteiger partial charge < -0.3 is 14.9 Å². The van der Waals surface area contributed by atoms with Gasteiger partial charge in [0.05, 0.1) is 25.2 Å². The van der Waals surface area contributed by atoms with Gasteiger partial charge in [-0.2, -0.15) is 0 Å². The Kier molecular flexibility index (Phi) is 7.51. The highest BCUT2D eigenvalue weighted by atomic mass is 16.5. The third-order valence-electron chi connectivity index (χ3n) is 3.98. The molecule has 1 aromatic carbocycles. The number of carbonyl (C=O) groups is 1. The van der Waals surface area contributed by atoms with Crippen LogP contribution in [0.4, 0.5) is 0 Å². The number of hydrogen-bond acceptors (Lipinski definition) is 5. The molecular weight excluding hydrogens is 330 g/mol. The Hall–Kier alpha value is -2.50. The van der Waals surface area contributed by atoms with Crippen LogP contribution in [0, 0.1) is 6.92 Å². The summed E-state index contributed by atoms with van der Waals surface area (Å²) in [5, 5.41) is 20.1. The normalized spacial score (nSPS) is 13.5. The summed E-state index contributed by atoms with van der Waals surface area (Å²) in [6.07, 6.45) is 3.31. The van der Waals surface area contributed by atoms with E-state index in [1.807, 2.05) is 49.4 Å². The largest absolute Gasteiger partial charge is 0.466 e. The molecule has 0 spiro atoms. The number of aliphatic hydroxyl groups is 2. The lowest BCUT2D eigenvalue weighted by Crippen LogP contribution is -2.20. The van der Waals surface area contributed by atoms with Crippen molar-refractivity contribution in [2.45, 2.75) is 38.9 Å². The molecule has 0 radical (unpaired) electrons. The van der Waals surface area contributed by atoms with Crippen molar-refractivity contribution < 1.29 is 19.7 Å². The second-order valence-electron chi connectivity index (χ2n) is 6.05. The molecule has 2 atom stereocenters. The molecule has 0 bridgehead atoms. The number of esters is 1. The summed E-state index contributed by atoms with van der Waals surface area (Å²) in [5.41, 5.74) is 3.85. The first-order chi connectivity index (χ1) is 12.5. The maximum absolute atomic E-state index is 11.4. The molecule has 0 aliphatic rings. The Balaban J connectivity index is 2.09. The maximum Gasteiger partial charge on any atom is 0.308 e. The number of hydrogen-bond donors (Lipinski definition) is 2. The van der Waals surface area contributed by atoms with Crippen LogP contribution < -0.4 is 0 Å². The van der Waals surface area contributed by atoms with E-state index >= 15 is 0 Å². The SMILES string of the molecule is CCOC(=O)C[C@@H](O)C[C@@H](O)/C=C/c1c(-c2ccccc2)ccnc1C. The third kappa shape index (κ3) is 5.79. The minimum absolute atomic E-state index is 0.0648. The Bertz CT molecular complexity index is 743. The molecule has 0 aliphatic heterocycles. The number of rotatable bonds is 8. The van der Waals surface area contributed by atoms with Gasteiger partial charge in [-0.1, -0.05) is 42.5 Å². The number of benzene rings is 1. The highest BCUT2D eigenvalue weighted by Gasteiger charge is 2.15. The number of aryl methyl sites for hydroxylation is 1. The fraction of sp³-hybridized carbons (Fsp3) is 0.333. The van der Waals surface area contributed by atoms with Crippen LogP contribution >= 0.6 is 0 Å². The second kappa shape index (κ2) is 9.85. The van der Waals surface area contributed by atoms with E-state index in [1.54, 1.807) is 19.2 Å². The van der Waals surface area contributed by atoms with Gasteiger partial charge in [-0.25, -0.2) is 0 Å².